The molecule has 5 heteroatoms. The molecule has 0 saturated carbocycles. The highest BCUT2D eigenvalue weighted by Crippen LogP contribution is 2.36. The number of nitrogens with zero attached hydrogens (tertiary/aromatic N) is 1. The molecular formula is C12H15F3N2. The minimum absolute atomic E-state index is 0.308. The van der Waals surface area contributed by atoms with Crippen molar-refractivity contribution in [3.8, 4) is 0 Å². The van der Waals surface area contributed by atoms with Crippen LogP contribution in [0.4, 0.5) is 18.9 Å². The van der Waals surface area contributed by atoms with Crippen LogP contribution in [0.5, 0.6) is 0 Å². The van der Waals surface area contributed by atoms with E-state index in [-0.39, 0.29) is 6.04 Å². The maximum absolute atomic E-state index is 12.6. The van der Waals surface area contributed by atoms with Gasteiger partial charge in [0, 0.05) is 25.3 Å². The summed E-state index contributed by atoms with van der Waals surface area (Å²) in [5, 5.41) is 0. The van der Waals surface area contributed by atoms with E-state index in [1.165, 1.54) is 12.1 Å². The van der Waals surface area contributed by atoms with Crippen molar-refractivity contribution in [3.05, 3.63) is 29.3 Å². The van der Waals surface area contributed by atoms with Gasteiger partial charge in [-0.1, -0.05) is 0 Å². The summed E-state index contributed by atoms with van der Waals surface area (Å²) in [6.07, 6.45) is -2.69. The van der Waals surface area contributed by atoms with Gasteiger partial charge in [0.15, 0.2) is 0 Å². The van der Waals surface area contributed by atoms with E-state index in [1.54, 1.807) is 0 Å². The van der Waals surface area contributed by atoms with E-state index in [1.807, 2.05) is 11.9 Å². The number of alkyl halides is 3. The number of anilines is 1. The van der Waals surface area contributed by atoms with Gasteiger partial charge in [0.2, 0.25) is 0 Å². The molecule has 1 atom stereocenters. The molecule has 1 aromatic carbocycles. The molecule has 2 nitrogen and oxygen atoms in total. The minimum atomic E-state index is -4.31. The highest BCUT2D eigenvalue weighted by atomic mass is 19.4. The zero-order valence-electron chi connectivity index (χ0n) is 9.59. The Balaban J connectivity index is 2.49. The predicted octanol–water partition coefficient (Wildman–Crippen LogP) is 2.94. The lowest BCUT2D eigenvalue weighted by molar-refractivity contribution is -0.137. The standard InChI is InChI=1S/C12H15F3N2/c1-17-6-2-3-10(16)9-7-8(12(13,14)15)4-5-11(9)17/h4-5,7,10H,2-3,6,16H2,1H3. The van der Waals surface area contributed by atoms with Crippen LogP contribution in [0.2, 0.25) is 0 Å². The number of hydrogen-bond acceptors (Lipinski definition) is 2. The second kappa shape index (κ2) is 4.22. The van der Waals surface area contributed by atoms with Crippen LogP contribution in [0.25, 0.3) is 0 Å². The first-order valence-corrected chi connectivity index (χ1v) is 5.57. The molecule has 0 aliphatic carbocycles. The highest BCUT2D eigenvalue weighted by Gasteiger charge is 2.32. The Morgan fingerprint density at radius 1 is 1.35 bits per heavy atom. The average Bonchev–Trinajstić information content (AvgIpc) is 2.39. The molecule has 0 saturated heterocycles. The van der Waals surface area contributed by atoms with Gasteiger partial charge in [-0.15, -0.1) is 0 Å². The first-order chi connectivity index (χ1) is 7.89. The van der Waals surface area contributed by atoms with Crippen LogP contribution in [0.1, 0.15) is 30.0 Å². The third kappa shape index (κ3) is 2.39. The van der Waals surface area contributed by atoms with Crippen molar-refractivity contribution in [3.63, 3.8) is 0 Å². The summed E-state index contributed by atoms with van der Waals surface area (Å²) in [7, 11) is 1.88. The first-order valence-electron chi connectivity index (χ1n) is 5.57. The second-order valence-electron chi connectivity index (χ2n) is 4.44. The Labute approximate surface area is 98.2 Å². The van der Waals surface area contributed by atoms with Crippen LogP contribution < -0.4 is 10.6 Å². The van der Waals surface area contributed by atoms with E-state index in [0.29, 0.717) is 5.56 Å². The van der Waals surface area contributed by atoms with Crippen LogP contribution in [-0.2, 0) is 6.18 Å². The van der Waals surface area contributed by atoms with Gasteiger partial charge in [-0.3, -0.25) is 0 Å². The monoisotopic (exact) mass is 244 g/mol. The summed E-state index contributed by atoms with van der Waals surface area (Å²) in [5.74, 6) is 0. The smallest absolute Gasteiger partial charge is 0.374 e. The normalized spacial score (nSPS) is 21.0. The molecule has 1 heterocycles. The van der Waals surface area contributed by atoms with Gasteiger partial charge >= 0.3 is 6.18 Å². The summed E-state index contributed by atoms with van der Waals surface area (Å²) in [6.45, 7) is 0.825. The van der Waals surface area contributed by atoms with Crippen molar-refractivity contribution in [2.24, 2.45) is 5.73 Å². The zero-order chi connectivity index (χ0) is 12.6. The number of rotatable bonds is 0. The number of halogens is 3. The molecular weight excluding hydrogens is 229 g/mol. The number of hydrogen-bond donors (Lipinski definition) is 1. The van der Waals surface area contributed by atoms with Crippen molar-refractivity contribution in [2.45, 2.75) is 25.1 Å². The van der Waals surface area contributed by atoms with Gasteiger partial charge in [0.05, 0.1) is 5.56 Å². The summed E-state index contributed by atoms with van der Waals surface area (Å²) >= 11 is 0. The topological polar surface area (TPSA) is 29.3 Å². The van der Waals surface area contributed by atoms with Crippen molar-refractivity contribution in [2.75, 3.05) is 18.5 Å². The minimum Gasteiger partial charge on any atom is -0.374 e. The molecule has 0 radical (unpaired) electrons. The van der Waals surface area contributed by atoms with Crippen LogP contribution in [0, 0.1) is 0 Å². The van der Waals surface area contributed by atoms with Crippen molar-refractivity contribution in [1.82, 2.24) is 0 Å². The Morgan fingerprint density at radius 2 is 2.06 bits per heavy atom. The summed E-state index contributed by atoms with van der Waals surface area (Å²) in [5.41, 5.74) is 6.71. The molecule has 1 aromatic rings. The molecule has 1 aliphatic rings. The SMILES string of the molecule is CN1CCCC(N)c2cc(C(F)(F)F)ccc21. The summed E-state index contributed by atoms with van der Waals surface area (Å²) < 4.78 is 37.9. The maximum atomic E-state index is 12.6. The Morgan fingerprint density at radius 3 is 2.71 bits per heavy atom. The van der Waals surface area contributed by atoms with Gasteiger partial charge in [-0.25, -0.2) is 0 Å². The molecule has 0 aromatic heterocycles. The van der Waals surface area contributed by atoms with Gasteiger partial charge in [0.25, 0.3) is 0 Å². The van der Waals surface area contributed by atoms with Crippen molar-refractivity contribution < 1.29 is 13.2 Å². The largest absolute Gasteiger partial charge is 0.416 e. The molecule has 1 aliphatic heterocycles. The van der Waals surface area contributed by atoms with E-state index in [2.05, 4.69) is 0 Å². The molecule has 0 fully saturated rings. The van der Waals surface area contributed by atoms with Gasteiger partial charge in [-0.2, -0.15) is 13.2 Å². The quantitative estimate of drug-likeness (QED) is 0.760. The molecule has 0 amide bonds. The number of nitrogens with two attached hydrogens (primary N) is 1. The second-order valence-corrected chi connectivity index (χ2v) is 4.44. The highest BCUT2D eigenvalue weighted by molar-refractivity contribution is 5.57. The Hall–Kier alpha value is -1.23. The number of fused-ring (bicyclic) bond motifs is 1. The van der Waals surface area contributed by atoms with Crippen LogP contribution in [0.3, 0.4) is 0 Å². The molecule has 17 heavy (non-hydrogen) atoms. The lowest BCUT2D eigenvalue weighted by atomic mass is 10.00. The van der Waals surface area contributed by atoms with Gasteiger partial charge in [0.1, 0.15) is 0 Å². The van der Waals surface area contributed by atoms with Crippen molar-refractivity contribution >= 4 is 5.69 Å². The summed E-state index contributed by atoms with van der Waals surface area (Å²) in [6, 6.07) is 3.51. The van der Waals surface area contributed by atoms with E-state index >= 15 is 0 Å². The molecule has 2 N–H and O–H groups in total. The zero-order valence-corrected chi connectivity index (χ0v) is 9.59. The average molecular weight is 244 g/mol. The lowest BCUT2D eigenvalue weighted by Crippen LogP contribution is -2.18. The predicted molar refractivity (Wildman–Crippen MR) is 60.9 cm³/mol. The fourth-order valence-electron chi connectivity index (χ4n) is 2.20. The molecule has 94 valence electrons. The maximum Gasteiger partial charge on any atom is 0.416 e. The van der Waals surface area contributed by atoms with Gasteiger partial charge in [-0.05, 0) is 36.6 Å². The fraction of sp³-hybridized carbons (Fsp3) is 0.500. The number of benzene rings is 1. The fourth-order valence-corrected chi connectivity index (χ4v) is 2.20. The van der Waals surface area contributed by atoms with Crippen LogP contribution in [0.15, 0.2) is 18.2 Å². The Bertz CT molecular complexity index is 415. The Kier molecular flexibility index (Phi) is 3.03. The molecule has 0 spiro atoms. The van der Waals surface area contributed by atoms with E-state index in [4.69, 9.17) is 5.73 Å². The molecule has 0 bridgehead atoms. The summed E-state index contributed by atoms with van der Waals surface area (Å²) in [4.78, 5) is 1.96. The third-order valence-corrected chi connectivity index (χ3v) is 3.17. The van der Waals surface area contributed by atoms with E-state index in [0.717, 1.165) is 31.1 Å². The van der Waals surface area contributed by atoms with Crippen molar-refractivity contribution in [1.29, 1.82) is 0 Å². The molecule has 2 rings (SSSR count). The van der Waals surface area contributed by atoms with Gasteiger partial charge < -0.3 is 10.6 Å². The lowest BCUT2D eigenvalue weighted by Gasteiger charge is -2.21. The van der Waals surface area contributed by atoms with Crippen LogP contribution in [-0.4, -0.2) is 13.6 Å². The van der Waals surface area contributed by atoms with Crippen LogP contribution >= 0.6 is 0 Å². The molecule has 1 unspecified atom stereocenters. The third-order valence-electron chi connectivity index (χ3n) is 3.17. The first kappa shape index (κ1) is 12.2. The van der Waals surface area contributed by atoms with E-state index < -0.39 is 11.7 Å². The van der Waals surface area contributed by atoms with E-state index in [9.17, 15) is 13.2 Å².